The molecule has 0 spiro atoms. The van der Waals surface area contributed by atoms with Gasteiger partial charge in [-0.05, 0) is 30.7 Å². The highest BCUT2D eigenvalue weighted by molar-refractivity contribution is 6.09. The maximum atomic E-state index is 12.4. The maximum Gasteiger partial charge on any atom is 0.258 e. The van der Waals surface area contributed by atoms with Gasteiger partial charge in [-0.2, -0.15) is 0 Å². The Morgan fingerprint density at radius 1 is 1.11 bits per heavy atom. The van der Waals surface area contributed by atoms with Gasteiger partial charge in [0.25, 0.3) is 5.91 Å². The zero-order valence-corrected chi connectivity index (χ0v) is 10.7. The van der Waals surface area contributed by atoms with Crippen molar-refractivity contribution < 1.29 is 9.90 Å². The Labute approximate surface area is 107 Å². The van der Waals surface area contributed by atoms with Crippen LogP contribution in [-0.2, 0) is 0 Å². The number of carbonyl (C=O) groups excluding carboxylic acids is 1. The molecule has 0 aliphatic heterocycles. The second kappa shape index (κ2) is 5.08. The highest BCUT2D eigenvalue weighted by Gasteiger charge is 2.19. The smallest absolute Gasteiger partial charge is 0.258 e. The van der Waals surface area contributed by atoms with Gasteiger partial charge in [0.05, 0.1) is 5.56 Å². The summed E-state index contributed by atoms with van der Waals surface area (Å²) in [5.41, 5.74) is 0.400. The van der Waals surface area contributed by atoms with Gasteiger partial charge in [0.15, 0.2) is 0 Å². The number of carbonyl (C=O) groups is 1. The van der Waals surface area contributed by atoms with E-state index in [1.807, 2.05) is 44.2 Å². The van der Waals surface area contributed by atoms with Gasteiger partial charge in [0, 0.05) is 13.1 Å². The van der Waals surface area contributed by atoms with E-state index in [1.165, 1.54) is 0 Å². The first kappa shape index (κ1) is 12.4. The van der Waals surface area contributed by atoms with Crippen LogP contribution in [0.2, 0.25) is 0 Å². The summed E-state index contributed by atoms with van der Waals surface area (Å²) < 4.78 is 0. The lowest BCUT2D eigenvalue weighted by atomic mass is 10.0. The minimum Gasteiger partial charge on any atom is -0.507 e. The Hall–Kier alpha value is -2.03. The van der Waals surface area contributed by atoms with Gasteiger partial charge < -0.3 is 10.0 Å². The molecule has 1 N–H and O–H groups in total. The predicted molar refractivity (Wildman–Crippen MR) is 72.9 cm³/mol. The molecule has 2 rings (SSSR count). The van der Waals surface area contributed by atoms with Crippen LogP contribution >= 0.6 is 0 Å². The minimum absolute atomic E-state index is 0.0469. The molecule has 94 valence electrons. The number of phenolic OH excluding ortho intramolecular Hbond substituents is 1. The number of hydrogen-bond acceptors (Lipinski definition) is 2. The van der Waals surface area contributed by atoms with Gasteiger partial charge in [0.1, 0.15) is 5.75 Å². The zero-order valence-electron chi connectivity index (χ0n) is 10.7. The number of rotatable bonds is 3. The largest absolute Gasteiger partial charge is 0.507 e. The Balaban J connectivity index is 2.62. The summed E-state index contributed by atoms with van der Waals surface area (Å²) in [7, 11) is 0. The van der Waals surface area contributed by atoms with Gasteiger partial charge in [-0.25, -0.2) is 0 Å². The second-order valence-corrected chi connectivity index (χ2v) is 4.16. The van der Waals surface area contributed by atoms with Crippen molar-refractivity contribution in [1.29, 1.82) is 0 Å². The normalized spacial score (nSPS) is 10.6. The van der Waals surface area contributed by atoms with Crippen molar-refractivity contribution in [3.05, 3.63) is 42.0 Å². The first-order valence-electron chi connectivity index (χ1n) is 6.19. The Morgan fingerprint density at radius 3 is 2.44 bits per heavy atom. The Morgan fingerprint density at radius 2 is 1.78 bits per heavy atom. The summed E-state index contributed by atoms with van der Waals surface area (Å²) in [5.74, 6) is -0.0695. The van der Waals surface area contributed by atoms with Crippen LogP contribution in [0.1, 0.15) is 24.2 Å². The topological polar surface area (TPSA) is 40.5 Å². The molecule has 0 saturated heterocycles. The number of phenols is 1. The van der Waals surface area contributed by atoms with E-state index in [2.05, 4.69) is 0 Å². The fourth-order valence-corrected chi connectivity index (χ4v) is 2.15. The van der Waals surface area contributed by atoms with Crippen molar-refractivity contribution in [2.75, 3.05) is 13.1 Å². The fourth-order valence-electron chi connectivity index (χ4n) is 2.15. The SMILES string of the molecule is CCN(CC)C(=O)c1c(O)ccc2ccccc12. The van der Waals surface area contributed by atoms with Gasteiger partial charge in [-0.3, -0.25) is 4.79 Å². The summed E-state index contributed by atoms with van der Waals surface area (Å²) in [4.78, 5) is 14.1. The van der Waals surface area contributed by atoms with E-state index in [-0.39, 0.29) is 11.7 Å². The molecule has 2 aromatic rings. The number of benzene rings is 2. The molecular weight excluding hydrogens is 226 g/mol. The summed E-state index contributed by atoms with van der Waals surface area (Å²) in [5, 5.41) is 11.7. The lowest BCUT2D eigenvalue weighted by Gasteiger charge is -2.20. The van der Waals surface area contributed by atoms with Gasteiger partial charge in [-0.15, -0.1) is 0 Å². The number of fused-ring (bicyclic) bond motifs is 1. The minimum atomic E-state index is -0.116. The molecule has 18 heavy (non-hydrogen) atoms. The number of aromatic hydroxyl groups is 1. The van der Waals surface area contributed by atoms with Crippen molar-refractivity contribution in [1.82, 2.24) is 4.90 Å². The molecule has 3 nitrogen and oxygen atoms in total. The van der Waals surface area contributed by atoms with Crippen LogP contribution in [0.25, 0.3) is 10.8 Å². The van der Waals surface area contributed by atoms with Crippen LogP contribution in [0.3, 0.4) is 0 Å². The van der Waals surface area contributed by atoms with E-state index < -0.39 is 0 Å². The van der Waals surface area contributed by atoms with Crippen molar-refractivity contribution in [3.8, 4) is 5.75 Å². The highest BCUT2D eigenvalue weighted by Crippen LogP contribution is 2.28. The van der Waals surface area contributed by atoms with E-state index in [1.54, 1.807) is 11.0 Å². The van der Waals surface area contributed by atoms with Crippen LogP contribution in [0.15, 0.2) is 36.4 Å². The summed E-state index contributed by atoms with van der Waals surface area (Å²) >= 11 is 0. The lowest BCUT2D eigenvalue weighted by Crippen LogP contribution is -2.30. The van der Waals surface area contributed by atoms with Crippen LogP contribution in [0.5, 0.6) is 5.75 Å². The molecule has 0 aromatic heterocycles. The lowest BCUT2D eigenvalue weighted by molar-refractivity contribution is 0.0772. The number of hydrogen-bond donors (Lipinski definition) is 1. The monoisotopic (exact) mass is 243 g/mol. The molecule has 0 aliphatic carbocycles. The molecule has 2 aromatic carbocycles. The molecule has 0 fully saturated rings. The first-order valence-corrected chi connectivity index (χ1v) is 6.19. The van der Waals surface area contributed by atoms with Crippen molar-refractivity contribution in [2.45, 2.75) is 13.8 Å². The van der Waals surface area contributed by atoms with Crippen LogP contribution in [0, 0.1) is 0 Å². The van der Waals surface area contributed by atoms with Crippen molar-refractivity contribution in [2.24, 2.45) is 0 Å². The molecule has 0 heterocycles. The third-order valence-electron chi connectivity index (χ3n) is 3.17. The molecule has 0 unspecified atom stereocenters. The molecule has 1 amide bonds. The second-order valence-electron chi connectivity index (χ2n) is 4.16. The number of amides is 1. The summed E-state index contributed by atoms with van der Waals surface area (Å²) in [6, 6.07) is 11.0. The molecular formula is C15H17NO2. The predicted octanol–water partition coefficient (Wildman–Crippen LogP) is 3.03. The zero-order chi connectivity index (χ0) is 13.1. The van der Waals surface area contributed by atoms with E-state index in [4.69, 9.17) is 0 Å². The quantitative estimate of drug-likeness (QED) is 0.900. The van der Waals surface area contributed by atoms with Crippen LogP contribution in [0.4, 0.5) is 0 Å². The van der Waals surface area contributed by atoms with E-state index in [0.29, 0.717) is 18.7 Å². The first-order chi connectivity index (χ1) is 8.69. The molecule has 0 bridgehead atoms. The van der Waals surface area contributed by atoms with Crippen molar-refractivity contribution in [3.63, 3.8) is 0 Å². The molecule has 0 saturated carbocycles. The van der Waals surface area contributed by atoms with Crippen LogP contribution < -0.4 is 0 Å². The van der Waals surface area contributed by atoms with E-state index in [9.17, 15) is 9.90 Å². The average Bonchev–Trinajstić information content (AvgIpc) is 2.39. The average molecular weight is 243 g/mol. The summed E-state index contributed by atoms with van der Waals surface area (Å²) in [6.07, 6.45) is 0. The Kier molecular flexibility index (Phi) is 3.51. The number of nitrogens with zero attached hydrogens (tertiary/aromatic N) is 1. The maximum absolute atomic E-state index is 12.4. The Bertz CT molecular complexity index is 574. The molecule has 0 aliphatic rings. The van der Waals surface area contributed by atoms with Gasteiger partial charge in [0.2, 0.25) is 0 Å². The molecule has 3 heteroatoms. The summed E-state index contributed by atoms with van der Waals surface area (Å²) in [6.45, 7) is 5.14. The fraction of sp³-hybridized carbons (Fsp3) is 0.267. The van der Waals surface area contributed by atoms with Crippen molar-refractivity contribution >= 4 is 16.7 Å². The van der Waals surface area contributed by atoms with E-state index in [0.717, 1.165) is 10.8 Å². The molecule has 0 radical (unpaired) electrons. The van der Waals surface area contributed by atoms with Gasteiger partial charge in [-0.1, -0.05) is 30.3 Å². The van der Waals surface area contributed by atoms with E-state index >= 15 is 0 Å². The third kappa shape index (κ3) is 2.04. The third-order valence-corrected chi connectivity index (χ3v) is 3.17. The van der Waals surface area contributed by atoms with Gasteiger partial charge >= 0.3 is 0 Å². The molecule has 0 atom stereocenters. The van der Waals surface area contributed by atoms with Crippen LogP contribution in [-0.4, -0.2) is 29.0 Å². The standard InChI is InChI=1S/C15H17NO2/c1-3-16(4-2)15(18)14-12-8-6-5-7-11(12)9-10-13(14)17/h5-10,17H,3-4H2,1-2H3. The highest BCUT2D eigenvalue weighted by atomic mass is 16.3.